The Bertz CT molecular complexity index is 975. The van der Waals surface area contributed by atoms with Crippen molar-refractivity contribution in [3.8, 4) is 5.75 Å². The van der Waals surface area contributed by atoms with Gasteiger partial charge in [0.05, 0.1) is 3.57 Å². The fourth-order valence-corrected chi connectivity index (χ4v) is 3.30. The number of carbonyl (C=O) groups excluding carboxylic acids is 2. The zero-order valence-corrected chi connectivity index (χ0v) is 17.2. The highest BCUT2D eigenvalue weighted by atomic mass is 127. The van der Waals surface area contributed by atoms with E-state index < -0.39 is 24.5 Å². The summed E-state index contributed by atoms with van der Waals surface area (Å²) in [4.78, 5) is 35.3. The summed E-state index contributed by atoms with van der Waals surface area (Å²) in [6, 6.07) is 11.9. The van der Waals surface area contributed by atoms with Crippen molar-refractivity contribution in [1.29, 1.82) is 0 Å². The molecule has 9 heteroatoms. The van der Waals surface area contributed by atoms with Gasteiger partial charge in [0.1, 0.15) is 24.6 Å². The van der Waals surface area contributed by atoms with Crippen LogP contribution in [0.15, 0.2) is 48.2 Å². The molecule has 0 unspecified atom stereocenters. The fraction of sp³-hybridized carbons (Fsp3) is 0.105. The van der Waals surface area contributed by atoms with Crippen molar-refractivity contribution in [2.75, 3.05) is 6.54 Å². The molecule has 0 saturated carbocycles. The number of benzene rings is 2. The zero-order chi connectivity index (χ0) is 20.3. The second-order valence-electron chi connectivity index (χ2n) is 5.88. The predicted molar refractivity (Wildman–Crippen MR) is 111 cm³/mol. The standard InChI is InChI=1S/C19H14ClIN2O5/c20-13-4-1-11(2-5-13)10-28-16-6-3-12(7-14(16)21)8-15-18(26)23(9-17(24)25)19(27)22-15/h1-8H,9-10H2,(H,22,27)(H,24,25)/b15-8+. The summed E-state index contributed by atoms with van der Waals surface area (Å²) in [6.07, 6.45) is 1.49. The molecule has 1 aliphatic heterocycles. The second kappa shape index (κ2) is 8.61. The summed E-state index contributed by atoms with van der Waals surface area (Å²) in [5.74, 6) is -1.26. The molecule has 7 nitrogen and oxygen atoms in total. The van der Waals surface area contributed by atoms with E-state index in [1.807, 2.05) is 12.1 Å². The number of carboxylic acids is 1. The first kappa shape index (κ1) is 20.2. The Morgan fingerprint density at radius 3 is 2.57 bits per heavy atom. The lowest BCUT2D eigenvalue weighted by Crippen LogP contribution is -2.35. The Hall–Kier alpha value is -2.59. The maximum atomic E-state index is 12.2. The highest BCUT2D eigenvalue weighted by Crippen LogP contribution is 2.25. The lowest BCUT2D eigenvalue weighted by atomic mass is 10.2. The van der Waals surface area contributed by atoms with Crippen LogP contribution in [-0.2, 0) is 16.2 Å². The number of carboxylic acid groups (broad SMARTS) is 1. The summed E-state index contributed by atoms with van der Waals surface area (Å²) < 4.78 is 6.62. The van der Waals surface area contributed by atoms with E-state index in [0.717, 1.165) is 9.13 Å². The van der Waals surface area contributed by atoms with E-state index in [1.54, 1.807) is 30.3 Å². The molecule has 0 aliphatic carbocycles. The number of nitrogens with zero attached hydrogens (tertiary/aromatic N) is 1. The molecule has 0 radical (unpaired) electrons. The molecule has 28 heavy (non-hydrogen) atoms. The molecule has 2 N–H and O–H groups in total. The molecule has 3 rings (SSSR count). The first-order valence-corrected chi connectivity index (χ1v) is 9.52. The first-order chi connectivity index (χ1) is 13.3. The van der Waals surface area contributed by atoms with Crippen LogP contribution in [-0.4, -0.2) is 34.5 Å². The first-order valence-electron chi connectivity index (χ1n) is 8.06. The van der Waals surface area contributed by atoms with Gasteiger partial charge in [-0.2, -0.15) is 0 Å². The highest BCUT2D eigenvalue weighted by Gasteiger charge is 2.34. The molecular weight excluding hydrogens is 499 g/mol. The lowest BCUT2D eigenvalue weighted by molar-refractivity contribution is -0.140. The van der Waals surface area contributed by atoms with Gasteiger partial charge in [-0.1, -0.05) is 29.8 Å². The van der Waals surface area contributed by atoms with Gasteiger partial charge >= 0.3 is 12.0 Å². The number of carbonyl (C=O) groups is 3. The molecule has 144 valence electrons. The SMILES string of the molecule is O=C(O)CN1C(=O)N/C(=C/c2ccc(OCc3ccc(Cl)cc3)c(I)c2)C1=O. The Balaban J connectivity index is 1.71. The minimum atomic E-state index is -1.26. The van der Waals surface area contributed by atoms with Crippen molar-refractivity contribution in [2.24, 2.45) is 0 Å². The Morgan fingerprint density at radius 2 is 1.93 bits per heavy atom. The zero-order valence-electron chi connectivity index (χ0n) is 14.3. The third-order valence-corrected chi connectivity index (χ3v) is 4.93. The summed E-state index contributed by atoms with van der Waals surface area (Å²) >= 11 is 7.98. The molecule has 0 spiro atoms. The summed E-state index contributed by atoms with van der Waals surface area (Å²) in [7, 11) is 0. The van der Waals surface area contributed by atoms with E-state index in [9.17, 15) is 14.4 Å². The molecule has 1 aliphatic rings. The average molecular weight is 513 g/mol. The van der Waals surface area contributed by atoms with Gasteiger partial charge in [-0.25, -0.2) is 9.69 Å². The number of hydrogen-bond donors (Lipinski definition) is 2. The van der Waals surface area contributed by atoms with Gasteiger partial charge < -0.3 is 15.2 Å². The minimum absolute atomic E-state index is 0.0249. The lowest BCUT2D eigenvalue weighted by Gasteiger charge is -2.09. The largest absolute Gasteiger partial charge is 0.488 e. The predicted octanol–water partition coefficient (Wildman–Crippen LogP) is 3.50. The monoisotopic (exact) mass is 512 g/mol. The van der Waals surface area contributed by atoms with Crippen molar-refractivity contribution in [1.82, 2.24) is 10.2 Å². The van der Waals surface area contributed by atoms with Gasteiger partial charge in [0.15, 0.2) is 0 Å². The maximum Gasteiger partial charge on any atom is 0.329 e. The number of hydrogen-bond acceptors (Lipinski definition) is 4. The topological polar surface area (TPSA) is 95.9 Å². The van der Waals surface area contributed by atoms with Crippen LogP contribution in [0.3, 0.4) is 0 Å². The van der Waals surface area contributed by atoms with Crippen LogP contribution in [0, 0.1) is 3.57 Å². The van der Waals surface area contributed by atoms with Crippen LogP contribution >= 0.6 is 34.2 Å². The van der Waals surface area contributed by atoms with Gasteiger partial charge in [-0.05, 0) is 64.1 Å². The molecule has 2 aromatic carbocycles. The number of halogens is 2. The molecular formula is C19H14ClIN2O5. The normalized spacial score (nSPS) is 15.1. The van der Waals surface area contributed by atoms with E-state index in [2.05, 4.69) is 27.9 Å². The summed E-state index contributed by atoms with van der Waals surface area (Å²) in [5.41, 5.74) is 1.67. The highest BCUT2D eigenvalue weighted by molar-refractivity contribution is 14.1. The minimum Gasteiger partial charge on any atom is -0.488 e. The van der Waals surface area contributed by atoms with Gasteiger partial charge in [0.2, 0.25) is 0 Å². The van der Waals surface area contributed by atoms with Crippen LogP contribution < -0.4 is 10.1 Å². The van der Waals surface area contributed by atoms with Gasteiger partial charge in [-0.3, -0.25) is 9.59 Å². The quantitative estimate of drug-likeness (QED) is 0.351. The summed E-state index contributed by atoms with van der Waals surface area (Å²) in [5, 5.41) is 11.8. The van der Waals surface area contributed by atoms with Crippen LogP contribution in [0.5, 0.6) is 5.75 Å². The number of urea groups is 1. The summed E-state index contributed by atoms with van der Waals surface area (Å²) in [6.45, 7) is -0.302. The molecule has 0 bridgehead atoms. The smallest absolute Gasteiger partial charge is 0.329 e. The van der Waals surface area contributed by atoms with Crippen molar-refractivity contribution < 1.29 is 24.2 Å². The second-order valence-corrected chi connectivity index (χ2v) is 7.48. The van der Waals surface area contributed by atoms with Crippen molar-refractivity contribution in [2.45, 2.75) is 6.61 Å². The molecule has 3 amide bonds. The van der Waals surface area contributed by atoms with Crippen LogP contribution in [0.1, 0.15) is 11.1 Å². The van der Waals surface area contributed by atoms with Gasteiger partial charge in [-0.15, -0.1) is 0 Å². The number of imide groups is 1. The number of nitrogens with one attached hydrogen (secondary N) is 1. The Labute approximate surface area is 179 Å². The van der Waals surface area contributed by atoms with E-state index in [0.29, 0.717) is 27.8 Å². The number of aliphatic carboxylic acids is 1. The van der Waals surface area contributed by atoms with E-state index in [-0.39, 0.29) is 5.70 Å². The number of rotatable bonds is 6. The molecule has 2 aromatic rings. The molecule has 0 atom stereocenters. The van der Waals surface area contributed by atoms with Crippen molar-refractivity contribution in [3.63, 3.8) is 0 Å². The van der Waals surface area contributed by atoms with E-state index in [1.165, 1.54) is 6.08 Å². The Morgan fingerprint density at radius 1 is 1.21 bits per heavy atom. The third kappa shape index (κ3) is 4.82. The average Bonchev–Trinajstić information content (AvgIpc) is 2.89. The molecule has 0 aromatic heterocycles. The van der Waals surface area contributed by atoms with E-state index >= 15 is 0 Å². The van der Waals surface area contributed by atoms with Crippen LogP contribution in [0.4, 0.5) is 4.79 Å². The van der Waals surface area contributed by atoms with Crippen LogP contribution in [0.25, 0.3) is 6.08 Å². The van der Waals surface area contributed by atoms with Crippen molar-refractivity contribution in [3.05, 3.63) is 67.9 Å². The maximum absolute atomic E-state index is 12.2. The number of ether oxygens (including phenoxy) is 1. The molecule has 1 fully saturated rings. The fourth-order valence-electron chi connectivity index (χ4n) is 2.48. The molecule has 1 saturated heterocycles. The van der Waals surface area contributed by atoms with Gasteiger partial charge in [0, 0.05) is 5.02 Å². The van der Waals surface area contributed by atoms with Crippen LogP contribution in [0.2, 0.25) is 5.02 Å². The van der Waals surface area contributed by atoms with Crippen molar-refractivity contribution >= 4 is 58.2 Å². The Kier molecular flexibility index (Phi) is 6.20. The van der Waals surface area contributed by atoms with E-state index in [4.69, 9.17) is 21.4 Å². The van der Waals surface area contributed by atoms with Gasteiger partial charge in [0.25, 0.3) is 5.91 Å². The molecule has 1 heterocycles. The number of amides is 3. The third-order valence-electron chi connectivity index (χ3n) is 3.83.